The van der Waals surface area contributed by atoms with Gasteiger partial charge in [0.25, 0.3) is 5.22 Å². The number of benzene rings is 1. The van der Waals surface area contributed by atoms with E-state index in [1.807, 2.05) is 6.07 Å². The SMILES string of the molecule is Cc1c(-c2ccccc2)sc2ncnc(Sc3nnc(CN4CCCC4)o3)c12. The lowest BCUT2D eigenvalue weighted by Crippen LogP contribution is -2.18. The molecular weight excluding hydrogens is 390 g/mol. The number of aromatic nitrogens is 4. The third-order valence-corrected chi connectivity index (χ3v) is 7.01. The maximum Gasteiger partial charge on any atom is 0.283 e. The number of likely N-dealkylation sites (tertiary alicyclic amines) is 1. The number of fused-ring (bicyclic) bond motifs is 1. The number of hydrogen-bond acceptors (Lipinski definition) is 8. The Balaban J connectivity index is 1.45. The molecule has 0 N–H and O–H groups in total. The monoisotopic (exact) mass is 409 g/mol. The fourth-order valence-corrected chi connectivity index (χ4v) is 5.59. The van der Waals surface area contributed by atoms with Crippen LogP contribution in [0.3, 0.4) is 0 Å². The summed E-state index contributed by atoms with van der Waals surface area (Å²) in [6.45, 7) is 5.06. The number of aryl methyl sites for hydroxylation is 1. The molecule has 0 aliphatic carbocycles. The maximum absolute atomic E-state index is 5.87. The number of hydrogen-bond donors (Lipinski definition) is 0. The van der Waals surface area contributed by atoms with E-state index < -0.39 is 0 Å². The Morgan fingerprint density at radius 2 is 1.93 bits per heavy atom. The lowest BCUT2D eigenvalue weighted by molar-refractivity contribution is 0.278. The molecule has 3 aromatic heterocycles. The Labute approximate surface area is 171 Å². The van der Waals surface area contributed by atoms with E-state index in [1.54, 1.807) is 17.7 Å². The first-order chi connectivity index (χ1) is 13.8. The first kappa shape index (κ1) is 17.8. The molecule has 0 unspecified atom stereocenters. The van der Waals surface area contributed by atoms with Gasteiger partial charge >= 0.3 is 0 Å². The highest BCUT2D eigenvalue weighted by Gasteiger charge is 2.19. The number of rotatable bonds is 5. The van der Waals surface area contributed by atoms with E-state index in [1.165, 1.54) is 40.6 Å². The van der Waals surface area contributed by atoms with Crippen molar-refractivity contribution in [2.45, 2.75) is 36.6 Å². The molecule has 142 valence electrons. The Kier molecular flexibility index (Phi) is 4.84. The largest absolute Gasteiger partial charge is 0.414 e. The van der Waals surface area contributed by atoms with Crippen LogP contribution in [0.5, 0.6) is 0 Å². The van der Waals surface area contributed by atoms with Crippen molar-refractivity contribution in [3.8, 4) is 10.4 Å². The van der Waals surface area contributed by atoms with Gasteiger partial charge in [-0.15, -0.1) is 21.5 Å². The molecule has 28 heavy (non-hydrogen) atoms. The van der Waals surface area contributed by atoms with Crippen LogP contribution in [0.1, 0.15) is 24.3 Å². The third kappa shape index (κ3) is 3.43. The summed E-state index contributed by atoms with van der Waals surface area (Å²) < 4.78 is 5.87. The molecule has 0 saturated carbocycles. The van der Waals surface area contributed by atoms with Gasteiger partial charge in [-0.25, -0.2) is 9.97 Å². The van der Waals surface area contributed by atoms with Gasteiger partial charge in [-0.2, -0.15) is 0 Å². The van der Waals surface area contributed by atoms with E-state index in [-0.39, 0.29) is 0 Å². The average molecular weight is 410 g/mol. The van der Waals surface area contributed by atoms with Crippen molar-refractivity contribution in [2.24, 2.45) is 0 Å². The van der Waals surface area contributed by atoms with Crippen LogP contribution in [-0.2, 0) is 6.54 Å². The second kappa shape index (κ2) is 7.62. The molecule has 0 atom stereocenters. The molecule has 1 aliphatic heterocycles. The van der Waals surface area contributed by atoms with Crippen LogP contribution >= 0.6 is 23.1 Å². The Morgan fingerprint density at radius 3 is 2.75 bits per heavy atom. The van der Waals surface area contributed by atoms with Crippen LogP contribution in [0, 0.1) is 6.92 Å². The molecule has 4 heterocycles. The second-order valence-electron chi connectivity index (χ2n) is 6.83. The predicted octanol–water partition coefficient (Wildman–Crippen LogP) is 4.80. The minimum atomic E-state index is 0.529. The van der Waals surface area contributed by atoms with E-state index in [0.29, 0.717) is 11.1 Å². The van der Waals surface area contributed by atoms with E-state index >= 15 is 0 Å². The summed E-state index contributed by atoms with van der Waals surface area (Å²) in [7, 11) is 0. The zero-order valence-corrected chi connectivity index (χ0v) is 17.1. The Morgan fingerprint density at radius 1 is 1.11 bits per heavy atom. The molecule has 6 nitrogen and oxygen atoms in total. The molecule has 0 amide bonds. The summed E-state index contributed by atoms with van der Waals surface area (Å²) in [6.07, 6.45) is 4.10. The van der Waals surface area contributed by atoms with Crippen molar-refractivity contribution < 1.29 is 4.42 Å². The van der Waals surface area contributed by atoms with Gasteiger partial charge < -0.3 is 4.42 Å². The highest BCUT2D eigenvalue weighted by Crippen LogP contribution is 2.41. The van der Waals surface area contributed by atoms with Crippen molar-refractivity contribution in [3.63, 3.8) is 0 Å². The van der Waals surface area contributed by atoms with Crippen molar-refractivity contribution in [2.75, 3.05) is 13.1 Å². The van der Waals surface area contributed by atoms with Gasteiger partial charge in [0.2, 0.25) is 5.89 Å². The standard InChI is InChI=1S/C20H19N5OS2/c1-13-16-18(27-17(13)14-7-3-2-4-8-14)21-12-22-19(16)28-20-24-23-15(26-20)11-25-9-5-6-10-25/h2-4,7-8,12H,5-6,9-11H2,1H3. The normalized spacial score (nSPS) is 14.9. The summed E-state index contributed by atoms with van der Waals surface area (Å²) in [5, 5.41) is 10.9. The fourth-order valence-electron chi connectivity index (χ4n) is 3.54. The summed E-state index contributed by atoms with van der Waals surface area (Å²) in [5.74, 6) is 0.668. The highest BCUT2D eigenvalue weighted by molar-refractivity contribution is 7.99. The summed E-state index contributed by atoms with van der Waals surface area (Å²) in [4.78, 5) is 13.5. The van der Waals surface area contributed by atoms with Crippen LogP contribution in [0.2, 0.25) is 0 Å². The molecule has 1 fully saturated rings. The molecule has 0 radical (unpaired) electrons. The Hall–Kier alpha value is -2.29. The van der Waals surface area contributed by atoms with Gasteiger partial charge in [-0.3, -0.25) is 4.90 Å². The van der Waals surface area contributed by atoms with Crippen LogP contribution in [0.15, 0.2) is 51.3 Å². The predicted molar refractivity (Wildman–Crippen MR) is 111 cm³/mol. The quantitative estimate of drug-likeness (QED) is 0.439. The lowest BCUT2D eigenvalue weighted by Gasteiger charge is -2.10. The van der Waals surface area contributed by atoms with Crippen molar-refractivity contribution >= 4 is 33.3 Å². The first-order valence-electron chi connectivity index (χ1n) is 9.30. The van der Waals surface area contributed by atoms with Crippen molar-refractivity contribution in [1.82, 2.24) is 25.1 Å². The minimum Gasteiger partial charge on any atom is -0.414 e. The maximum atomic E-state index is 5.87. The van der Waals surface area contributed by atoms with Crippen LogP contribution in [0.4, 0.5) is 0 Å². The van der Waals surface area contributed by atoms with E-state index in [2.05, 4.69) is 56.3 Å². The zero-order valence-electron chi connectivity index (χ0n) is 15.5. The Bertz CT molecular complexity index is 1100. The number of nitrogens with zero attached hydrogens (tertiary/aromatic N) is 5. The van der Waals surface area contributed by atoms with Crippen molar-refractivity contribution in [3.05, 3.63) is 48.1 Å². The lowest BCUT2D eigenvalue weighted by atomic mass is 10.1. The van der Waals surface area contributed by atoms with Gasteiger partial charge in [0.1, 0.15) is 16.2 Å². The molecule has 0 bridgehead atoms. The van der Waals surface area contributed by atoms with Crippen LogP contribution in [-0.4, -0.2) is 38.2 Å². The molecule has 0 spiro atoms. The molecule has 1 aromatic carbocycles. The highest BCUT2D eigenvalue weighted by atomic mass is 32.2. The molecule has 1 aliphatic rings. The van der Waals surface area contributed by atoms with E-state index in [0.717, 1.165) is 34.9 Å². The van der Waals surface area contributed by atoms with Gasteiger partial charge in [-0.1, -0.05) is 30.3 Å². The molecular formula is C20H19N5OS2. The second-order valence-corrected chi connectivity index (χ2v) is 8.77. The van der Waals surface area contributed by atoms with Gasteiger partial charge in [0.15, 0.2) is 0 Å². The smallest absolute Gasteiger partial charge is 0.283 e. The third-order valence-electron chi connectivity index (χ3n) is 4.92. The minimum absolute atomic E-state index is 0.529. The van der Waals surface area contributed by atoms with Crippen molar-refractivity contribution in [1.29, 1.82) is 0 Å². The average Bonchev–Trinajstić information content (AvgIpc) is 3.45. The molecule has 4 aromatic rings. The summed E-state index contributed by atoms with van der Waals surface area (Å²) >= 11 is 3.11. The van der Waals surface area contributed by atoms with Gasteiger partial charge in [0.05, 0.1) is 6.54 Å². The summed E-state index contributed by atoms with van der Waals surface area (Å²) in [5.41, 5.74) is 2.38. The van der Waals surface area contributed by atoms with E-state index in [9.17, 15) is 0 Å². The summed E-state index contributed by atoms with van der Waals surface area (Å²) in [6, 6.07) is 10.4. The van der Waals surface area contributed by atoms with Gasteiger partial charge in [-0.05, 0) is 55.7 Å². The molecule has 1 saturated heterocycles. The fraction of sp³-hybridized carbons (Fsp3) is 0.300. The van der Waals surface area contributed by atoms with E-state index in [4.69, 9.17) is 4.42 Å². The van der Waals surface area contributed by atoms with Crippen LogP contribution in [0.25, 0.3) is 20.7 Å². The topological polar surface area (TPSA) is 67.9 Å². The zero-order chi connectivity index (χ0) is 18.9. The first-order valence-corrected chi connectivity index (χ1v) is 10.9. The van der Waals surface area contributed by atoms with Gasteiger partial charge in [0, 0.05) is 10.3 Å². The van der Waals surface area contributed by atoms with Crippen LogP contribution < -0.4 is 0 Å². The molecule has 8 heteroatoms. The molecule has 5 rings (SSSR count). The number of thiophene rings is 1.